The Kier molecular flexibility index (Phi) is 7.80. The summed E-state index contributed by atoms with van der Waals surface area (Å²) in [5, 5.41) is 7.12. The minimum Gasteiger partial charge on any atom is -0.362 e. The average molecular weight is 217 g/mol. The van der Waals surface area contributed by atoms with Gasteiger partial charge < -0.3 is 15.5 Å². The van der Waals surface area contributed by atoms with Crippen molar-refractivity contribution >= 4 is 17.3 Å². The fraction of sp³-hybridized carbons (Fsp3) is 0.900. The topological polar surface area (TPSA) is 27.3 Å². The Bertz CT molecular complexity index is 159. The molecule has 0 aliphatic heterocycles. The molecular weight excluding hydrogens is 194 g/mol. The van der Waals surface area contributed by atoms with Crippen molar-refractivity contribution < 1.29 is 0 Å². The van der Waals surface area contributed by atoms with Crippen LogP contribution in [-0.4, -0.2) is 43.2 Å². The predicted molar refractivity (Wildman–Crippen MR) is 66.6 cm³/mol. The zero-order valence-electron chi connectivity index (χ0n) is 9.76. The number of thiocarbonyl (C=S) groups is 1. The van der Waals surface area contributed by atoms with Gasteiger partial charge in [-0.1, -0.05) is 20.8 Å². The molecule has 84 valence electrons. The lowest BCUT2D eigenvalue weighted by Crippen LogP contribution is -2.40. The van der Waals surface area contributed by atoms with Gasteiger partial charge in [-0.25, -0.2) is 0 Å². The molecule has 0 atom stereocenters. The second kappa shape index (κ2) is 8.00. The van der Waals surface area contributed by atoms with Gasteiger partial charge in [0.15, 0.2) is 5.11 Å². The Morgan fingerprint density at radius 2 is 2.00 bits per heavy atom. The normalized spacial score (nSPS) is 10.7. The van der Waals surface area contributed by atoms with E-state index in [4.69, 9.17) is 12.2 Å². The van der Waals surface area contributed by atoms with E-state index >= 15 is 0 Å². The van der Waals surface area contributed by atoms with Gasteiger partial charge >= 0.3 is 0 Å². The van der Waals surface area contributed by atoms with Crippen LogP contribution < -0.4 is 10.6 Å². The van der Waals surface area contributed by atoms with E-state index in [2.05, 4.69) is 43.4 Å². The van der Waals surface area contributed by atoms with E-state index in [-0.39, 0.29) is 0 Å². The van der Waals surface area contributed by atoms with Gasteiger partial charge in [0.05, 0.1) is 0 Å². The molecule has 0 aliphatic rings. The van der Waals surface area contributed by atoms with Crippen LogP contribution in [0, 0.1) is 5.92 Å². The van der Waals surface area contributed by atoms with E-state index in [9.17, 15) is 0 Å². The maximum atomic E-state index is 5.12. The lowest BCUT2D eigenvalue weighted by atomic mass is 10.2. The van der Waals surface area contributed by atoms with Crippen molar-refractivity contribution in [1.82, 2.24) is 15.5 Å². The van der Waals surface area contributed by atoms with Gasteiger partial charge in [0, 0.05) is 19.6 Å². The van der Waals surface area contributed by atoms with Crippen molar-refractivity contribution in [3.63, 3.8) is 0 Å². The van der Waals surface area contributed by atoms with E-state index in [0.717, 1.165) is 31.3 Å². The van der Waals surface area contributed by atoms with Crippen LogP contribution in [0.2, 0.25) is 0 Å². The highest BCUT2D eigenvalue weighted by molar-refractivity contribution is 7.80. The van der Waals surface area contributed by atoms with Gasteiger partial charge in [0.25, 0.3) is 0 Å². The first-order valence-corrected chi connectivity index (χ1v) is 5.67. The van der Waals surface area contributed by atoms with Crippen LogP contribution in [0.3, 0.4) is 0 Å². The van der Waals surface area contributed by atoms with Gasteiger partial charge in [-0.15, -0.1) is 0 Å². The Balaban J connectivity index is 3.35. The average Bonchev–Trinajstić information content (AvgIpc) is 2.14. The summed E-state index contributed by atoms with van der Waals surface area (Å²) < 4.78 is 0. The van der Waals surface area contributed by atoms with E-state index < -0.39 is 0 Å². The molecule has 3 nitrogen and oxygen atoms in total. The van der Waals surface area contributed by atoms with Crippen molar-refractivity contribution in [3.05, 3.63) is 0 Å². The summed E-state index contributed by atoms with van der Waals surface area (Å²) in [5.41, 5.74) is 0. The van der Waals surface area contributed by atoms with Crippen LogP contribution in [0.1, 0.15) is 20.8 Å². The van der Waals surface area contributed by atoms with Crippen LogP contribution in [0.5, 0.6) is 0 Å². The Morgan fingerprint density at radius 3 is 2.50 bits per heavy atom. The third-order valence-electron chi connectivity index (χ3n) is 1.99. The van der Waals surface area contributed by atoms with Crippen molar-refractivity contribution in [2.75, 3.05) is 33.2 Å². The first-order valence-electron chi connectivity index (χ1n) is 5.26. The molecule has 0 saturated carbocycles. The molecule has 0 heterocycles. The second-order valence-corrected chi connectivity index (χ2v) is 4.33. The molecule has 0 rings (SSSR count). The fourth-order valence-corrected chi connectivity index (χ4v) is 1.06. The summed E-state index contributed by atoms with van der Waals surface area (Å²) in [4.78, 5) is 2.25. The summed E-state index contributed by atoms with van der Waals surface area (Å²) in [5.74, 6) is 0.632. The van der Waals surface area contributed by atoms with E-state index in [0.29, 0.717) is 5.92 Å². The maximum absolute atomic E-state index is 5.12. The van der Waals surface area contributed by atoms with Gasteiger partial charge in [-0.2, -0.15) is 0 Å². The van der Waals surface area contributed by atoms with Gasteiger partial charge in [0.1, 0.15) is 0 Å². The number of likely N-dealkylation sites (N-methyl/N-ethyl adjacent to an activating group) is 1. The standard InChI is InChI=1S/C10H23N3S/c1-5-13(4)7-6-11-10(14)12-8-9(2)3/h9H,5-8H2,1-4H3,(H2,11,12,14). The van der Waals surface area contributed by atoms with Gasteiger partial charge in [-0.3, -0.25) is 0 Å². The third-order valence-corrected chi connectivity index (χ3v) is 2.28. The summed E-state index contributed by atoms with van der Waals surface area (Å²) in [7, 11) is 2.10. The summed E-state index contributed by atoms with van der Waals surface area (Å²) in [6.45, 7) is 10.4. The molecule has 0 fully saturated rings. The first-order chi connectivity index (χ1) is 6.56. The SMILES string of the molecule is CCN(C)CCNC(=S)NCC(C)C. The highest BCUT2D eigenvalue weighted by Gasteiger charge is 1.98. The molecule has 2 N–H and O–H groups in total. The fourth-order valence-electron chi connectivity index (χ4n) is 0.878. The van der Waals surface area contributed by atoms with Crippen LogP contribution >= 0.6 is 12.2 Å². The van der Waals surface area contributed by atoms with Crippen molar-refractivity contribution in [2.45, 2.75) is 20.8 Å². The van der Waals surface area contributed by atoms with Gasteiger partial charge in [-0.05, 0) is 31.7 Å². The first kappa shape index (κ1) is 13.7. The largest absolute Gasteiger partial charge is 0.362 e. The van der Waals surface area contributed by atoms with Crippen LogP contribution in [0.25, 0.3) is 0 Å². The third kappa shape index (κ3) is 8.26. The molecule has 0 saturated heterocycles. The highest BCUT2D eigenvalue weighted by atomic mass is 32.1. The molecule has 0 bridgehead atoms. The smallest absolute Gasteiger partial charge is 0.166 e. The molecule has 0 aliphatic carbocycles. The molecule has 4 heteroatoms. The minimum atomic E-state index is 0.632. The molecule has 0 aromatic rings. The van der Waals surface area contributed by atoms with Crippen molar-refractivity contribution in [2.24, 2.45) is 5.92 Å². The molecule has 0 amide bonds. The minimum absolute atomic E-state index is 0.632. The lowest BCUT2D eigenvalue weighted by Gasteiger charge is -2.16. The van der Waals surface area contributed by atoms with Crippen LogP contribution in [-0.2, 0) is 0 Å². The van der Waals surface area contributed by atoms with E-state index in [1.165, 1.54) is 0 Å². The number of hydrogen-bond donors (Lipinski definition) is 2. The number of nitrogens with zero attached hydrogens (tertiary/aromatic N) is 1. The Labute approximate surface area is 93.2 Å². The second-order valence-electron chi connectivity index (χ2n) is 3.93. The lowest BCUT2D eigenvalue weighted by molar-refractivity contribution is 0.357. The quantitative estimate of drug-likeness (QED) is 0.651. The molecule has 14 heavy (non-hydrogen) atoms. The van der Waals surface area contributed by atoms with Crippen molar-refractivity contribution in [3.8, 4) is 0 Å². The Hall–Kier alpha value is -0.350. The van der Waals surface area contributed by atoms with Crippen molar-refractivity contribution in [1.29, 1.82) is 0 Å². The zero-order chi connectivity index (χ0) is 11.0. The van der Waals surface area contributed by atoms with E-state index in [1.807, 2.05) is 0 Å². The molecule has 0 aromatic carbocycles. The molecule has 0 spiro atoms. The maximum Gasteiger partial charge on any atom is 0.166 e. The summed E-state index contributed by atoms with van der Waals surface area (Å²) >= 11 is 5.12. The monoisotopic (exact) mass is 217 g/mol. The molecule has 0 radical (unpaired) electrons. The number of hydrogen-bond acceptors (Lipinski definition) is 2. The predicted octanol–water partition coefficient (Wildman–Crippen LogP) is 1.06. The summed E-state index contributed by atoms with van der Waals surface area (Å²) in [6, 6.07) is 0. The Morgan fingerprint density at radius 1 is 1.36 bits per heavy atom. The number of rotatable bonds is 6. The van der Waals surface area contributed by atoms with Crippen LogP contribution in [0.15, 0.2) is 0 Å². The molecule has 0 aromatic heterocycles. The van der Waals surface area contributed by atoms with E-state index in [1.54, 1.807) is 0 Å². The van der Waals surface area contributed by atoms with Crippen LogP contribution in [0.4, 0.5) is 0 Å². The zero-order valence-corrected chi connectivity index (χ0v) is 10.6. The summed E-state index contributed by atoms with van der Waals surface area (Å²) in [6.07, 6.45) is 0. The highest BCUT2D eigenvalue weighted by Crippen LogP contribution is 1.86. The van der Waals surface area contributed by atoms with Gasteiger partial charge in [0.2, 0.25) is 0 Å². The molecule has 0 unspecified atom stereocenters. The number of nitrogens with one attached hydrogen (secondary N) is 2. The molecular formula is C10H23N3S.